The molecule has 18 heavy (non-hydrogen) atoms. The Morgan fingerprint density at radius 1 is 1.44 bits per heavy atom. The van der Waals surface area contributed by atoms with E-state index in [1.807, 2.05) is 6.07 Å². The molecule has 0 aliphatic heterocycles. The SMILES string of the molecule is CC1(CNc2ccc(Br)cc2[N+](=O)[O-])CCCC1. The van der Waals surface area contributed by atoms with Crippen molar-refractivity contribution in [3.63, 3.8) is 0 Å². The number of hydrogen-bond acceptors (Lipinski definition) is 3. The fraction of sp³-hybridized carbons (Fsp3) is 0.538. The van der Waals surface area contributed by atoms with E-state index in [-0.39, 0.29) is 16.0 Å². The Labute approximate surface area is 115 Å². The second kappa shape index (κ2) is 5.26. The average Bonchev–Trinajstić information content (AvgIpc) is 2.75. The quantitative estimate of drug-likeness (QED) is 0.664. The van der Waals surface area contributed by atoms with E-state index in [1.165, 1.54) is 25.7 Å². The third-order valence-electron chi connectivity index (χ3n) is 3.67. The molecule has 0 aromatic heterocycles. The smallest absolute Gasteiger partial charge is 0.293 e. The van der Waals surface area contributed by atoms with E-state index in [0.717, 1.165) is 11.0 Å². The molecule has 2 rings (SSSR count). The third-order valence-corrected chi connectivity index (χ3v) is 4.17. The Bertz CT molecular complexity index is 456. The van der Waals surface area contributed by atoms with Crippen LogP contribution in [0.2, 0.25) is 0 Å². The summed E-state index contributed by atoms with van der Waals surface area (Å²) >= 11 is 3.26. The maximum atomic E-state index is 11.0. The highest BCUT2D eigenvalue weighted by Gasteiger charge is 2.29. The highest BCUT2D eigenvalue weighted by molar-refractivity contribution is 9.10. The summed E-state index contributed by atoms with van der Waals surface area (Å²) in [4.78, 5) is 10.7. The molecule has 0 saturated heterocycles. The molecule has 0 bridgehead atoms. The lowest BCUT2D eigenvalue weighted by Gasteiger charge is -2.24. The van der Waals surface area contributed by atoms with Gasteiger partial charge in [-0.25, -0.2) is 0 Å². The minimum atomic E-state index is -0.343. The Balaban J connectivity index is 2.11. The van der Waals surface area contributed by atoms with Crippen molar-refractivity contribution >= 4 is 27.3 Å². The summed E-state index contributed by atoms with van der Waals surface area (Å²) in [6.45, 7) is 3.05. The number of halogens is 1. The zero-order chi connectivity index (χ0) is 13.2. The lowest BCUT2D eigenvalue weighted by molar-refractivity contribution is -0.384. The monoisotopic (exact) mass is 312 g/mol. The third kappa shape index (κ3) is 3.02. The van der Waals surface area contributed by atoms with Gasteiger partial charge in [0.25, 0.3) is 5.69 Å². The van der Waals surface area contributed by atoms with Gasteiger partial charge < -0.3 is 5.32 Å². The first-order chi connectivity index (χ1) is 8.50. The van der Waals surface area contributed by atoms with Crippen molar-refractivity contribution in [3.05, 3.63) is 32.8 Å². The standard InChI is InChI=1S/C13H17BrN2O2/c1-13(6-2-3-7-13)9-15-11-5-4-10(14)8-12(11)16(17)18/h4-5,8,15H,2-3,6-7,9H2,1H3. The molecular formula is C13H17BrN2O2. The van der Waals surface area contributed by atoms with Crippen molar-refractivity contribution in [1.29, 1.82) is 0 Å². The van der Waals surface area contributed by atoms with Gasteiger partial charge in [0.05, 0.1) is 4.92 Å². The van der Waals surface area contributed by atoms with Gasteiger partial charge in [0.2, 0.25) is 0 Å². The summed E-state index contributed by atoms with van der Waals surface area (Å²) in [5.74, 6) is 0. The molecule has 5 heteroatoms. The van der Waals surface area contributed by atoms with Crippen molar-refractivity contribution in [3.8, 4) is 0 Å². The zero-order valence-corrected chi connectivity index (χ0v) is 12.0. The Kier molecular flexibility index (Phi) is 3.90. The summed E-state index contributed by atoms with van der Waals surface area (Å²) in [5, 5.41) is 14.2. The van der Waals surface area contributed by atoms with Crippen molar-refractivity contribution in [2.75, 3.05) is 11.9 Å². The molecule has 1 fully saturated rings. The normalized spacial score (nSPS) is 17.7. The molecule has 0 heterocycles. The van der Waals surface area contributed by atoms with Gasteiger partial charge >= 0.3 is 0 Å². The van der Waals surface area contributed by atoms with Crippen LogP contribution in [-0.2, 0) is 0 Å². The van der Waals surface area contributed by atoms with Crippen LogP contribution < -0.4 is 5.32 Å². The first-order valence-electron chi connectivity index (χ1n) is 6.18. The molecule has 0 amide bonds. The summed E-state index contributed by atoms with van der Waals surface area (Å²) in [6.07, 6.45) is 4.93. The molecular weight excluding hydrogens is 296 g/mol. The van der Waals surface area contributed by atoms with Crippen molar-refractivity contribution < 1.29 is 4.92 Å². The number of rotatable bonds is 4. The van der Waals surface area contributed by atoms with E-state index >= 15 is 0 Å². The first-order valence-corrected chi connectivity index (χ1v) is 6.97. The summed E-state index contributed by atoms with van der Waals surface area (Å²) in [7, 11) is 0. The number of nitro groups is 1. The average molecular weight is 313 g/mol. The molecule has 4 nitrogen and oxygen atoms in total. The van der Waals surface area contributed by atoms with E-state index in [4.69, 9.17) is 0 Å². The predicted molar refractivity (Wildman–Crippen MR) is 75.9 cm³/mol. The second-order valence-corrected chi connectivity index (χ2v) is 6.21. The number of benzene rings is 1. The molecule has 0 unspecified atom stereocenters. The fourth-order valence-corrected chi connectivity index (χ4v) is 2.87. The van der Waals surface area contributed by atoms with E-state index in [2.05, 4.69) is 28.2 Å². The van der Waals surface area contributed by atoms with Crippen LogP contribution in [0.5, 0.6) is 0 Å². The van der Waals surface area contributed by atoms with E-state index in [1.54, 1.807) is 12.1 Å². The number of nitro benzene ring substituents is 1. The van der Waals surface area contributed by atoms with Crippen molar-refractivity contribution in [2.24, 2.45) is 5.41 Å². The Morgan fingerprint density at radius 3 is 2.72 bits per heavy atom. The number of nitrogens with zero attached hydrogens (tertiary/aromatic N) is 1. The van der Waals surface area contributed by atoms with Crippen LogP contribution in [0, 0.1) is 15.5 Å². The molecule has 1 N–H and O–H groups in total. The molecule has 1 saturated carbocycles. The summed E-state index contributed by atoms with van der Waals surface area (Å²) in [6, 6.07) is 5.13. The van der Waals surface area contributed by atoms with Crippen molar-refractivity contribution in [2.45, 2.75) is 32.6 Å². The number of nitrogens with one attached hydrogen (secondary N) is 1. The van der Waals surface area contributed by atoms with Crippen LogP contribution in [0.15, 0.2) is 22.7 Å². The molecule has 1 aromatic carbocycles. The minimum Gasteiger partial charge on any atom is -0.379 e. The van der Waals surface area contributed by atoms with Gasteiger partial charge in [0.15, 0.2) is 0 Å². The maximum absolute atomic E-state index is 11.0. The molecule has 1 aliphatic carbocycles. The maximum Gasteiger partial charge on any atom is 0.293 e. The minimum absolute atomic E-state index is 0.131. The van der Waals surface area contributed by atoms with Gasteiger partial charge in [-0.15, -0.1) is 0 Å². The molecule has 98 valence electrons. The van der Waals surface area contributed by atoms with E-state index in [9.17, 15) is 10.1 Å². The molecule has 1 aliphatic rings. The molecule has 0 atom stereocenters. The highest BCUT2D eigenvalue weighted by Crippen LogP contribution is 2.38. The van der Waals surface area contributed by atoms with Gasteiger partial charge in [-0.05, 0) is 30.4 Å². The summed E-state index contributed by atoms with van der Waals surface area (Å²) < 4.78 is 0.729. The Morgan fingerprint density at radius 2 is 2.11 bits per heavy atom. The molecule has 0 radical (unpaired) electrons. The van der Waals surface area contributed by atoms with Gasteiger partial charge in [0, 0.05) is 17.1 Å². The largest absolute Gasteiger partial charge is 0.379 e. The van der Waals surface area contributed by atoms with Gasteiger partial charge in [-0.2, -0.15) is 0 Å². The zero-order valence-electron chi connectivity index (χ0n) is 10.4. The topological polar surface area (TPSA) is 55.2 Å². The van der Waals surface area contributed by atoms with Gasteiger partial charge in [0.1, 0.15) is 5.69 Å². The van der Waals surface area contributed by atoms with Crippen LogP contribution >= 0.6 is 15.9 Å². The van der Waals surface area contributed by atoms with Crippen LogP contribution in [-0.4, -0.2) is 11.5 Å². The van der Waals surface area contributed by atoms with Crippen LogP contribution in [0.1, 0.15) is 32.6 Å². The van der Waals surface area contributed by atoms with E-state index in [0.29, 0.717) is 5.69 Å². The first kappa shape index (κ1) is 13.3. The fourth-order valence-electron chi connectivity index (χ4n) is 2.52. The van der Waals surface area contributed by atoms with Crippen molar-refractivity contribution in [1.82, 2.24) is 0 Å². The predicted octanol–water partition coefficient (Wildman–Crippen LogP) is 4.35. The second-order valence-electron chi connectivity index (χ2n) is 5.29. The lowest BCUT2D eigenvalue weighted by atomic mass is 9.89. The van der Waals surface area contributed by atoms with Gasteiger partial charge in [-0.3, -0.25) is 10.1 Å². The molecule has 1 aromatic rings. The van der Waals surface area contributed by atoms with E-state index < -0.39 is 0 Å². The lowest BCUT2D eigenvalue weighted by Crippen LogP contribution is -2.23. The highest BCUT2D eigenvalue weighted by atomic mass is 79.9. The Hall–Kier alpha value is -1.10. The number of hydrogen-bond donors (Lipinski definition) is 1. The van der Waals surface area contributed by atoms with Crippen LogP contribution in [0.25, 0.3) is 0 Å². The summed E-state index contributed by atoms with van der Waals surface area (Å²) in [5.41, 5.74) is 1.02. The van der Waals surface area contributed by atoms with Crippen LogP contribution in [0.4, 0.5) is 11.4 Å². The molecule has 0 spiro atoms. The van der Waals surface area contributed by atoms with Gasteiger partial charge in [-0.1, -0.05) is 35.7 Å². The van der Waals surface area contributed by atoms with Crippen LogP contribution in [0.3, 0.4) is 0 Å². The number of anilines is 1.